The molecule has 1 aliphatic carbocycles. The first-order valence-corrected chi connectivity index (χ1v) is 10.7. The van der Waals surface area contributed by atoms with Crippen molar-refractivity contribution in [1.29, 1.82) is 0 Å². The zero-order chi connectivity index (χ0) is 20.7. The van der Waals surface area contributed by atoms with Gasteiger partial charge in [0.15, 0.2) is 5.69 Å². The lowest BCUT2D eigenvalue weighted by atomic mass is 9.88. The third-order valence-corrected chi connectivity index (χ3v) is 6.46. The summed E-state index contributed by atoms with van der Waals surface area (Å²) in [7, 11) is 4.25. The highest BCUT2D eigenvalue weighted by Gasteiger charge is 2.46. The Morgan fingerprint density at radius 3 is 2.41 bits per heavy atom. The quantitative estimate of drug-likeness (QED) is 0.823. The summed E-state index contributed by atoms with van der Waals surface area (Å²) in [4.78, 5) is 17.7. The number of amides is 1. The molecule has 1 amide bonds. The molecule has 1 N–H and O–H groups in total. The van der Waals surface area contributed by atoms with Gasteiger partial charge in [-0.3, -0.25) is 9.89 Å². The predicted octanol–water partition coefficient (Wildman–Crippen LogP) is 4.17. The summed E-state index contributed by atoms with van der Waals surface area (Å²) in [6.07, 6.45) is 4.98. The van der Waals surface area contributed by atoms with Crippen molar-refractivity contribution in [1.82, 2.24) is 20.0 Å². The number of nitrogens with one attached hydrogen (secondary N) is 1. The Hall–Kier alpha value is -2.21. The van der Waals surface area contributed by atoms with Crippen LogP contribution in [0.1, 0.15) is 72.9 Å². The van der Waals surface area contributed by atoms with Crippen molar-refractivity contribution < 1.29 is 9.18 Å². The first-order valence-electron chi connectivity index (χ1n) is 10.7. The van der Waals surface area contributed by atoms with Crippen LogP contribution >= 0.6 is 0 Å². The summed E-state index contributed by atoms with van der Waals surface area (Å²) in [5.41, 5.74) is 3.52. The normalized spacial score (nSPS) is 24.6. The van der Waals surface area contributed by atoms with Crippen molar-refractivity contribution in [3.63, 3.8) is 0 Å². The lowest BCUT2D eigenvalue weighted by Crippen LogP contribution is -2.44. The average Bonchev–Trinajstić information content (AvgIpc) is 3.21. The van der Waals surface area contributed by atoms with Crippen LogP contribution in [-0.2, 0) is 6.42 Å². The van der Waals surface area contributed by atoms with Gasteiger partial charge in [0.05, 0.1) is 6.04 Å². The number of halogens is 1. The number of aromatic nitrogens is 2. The summed E-state index contributed by atoms with van der Waals surface area (Å²) >= 11 is 0. The standard InChI is InChI=1S/C23H31FN4O/c1-14(2)13-19-20-21(26-25-19)23(29)28(18-11-9-17(10-12-18)27(3)4)22(20)15-5-7-16(24)8-6-15/h5-8,14,17-18,22H,9-13H2,1-4H3,(H,25,26)/t17?,18?,22-/m1/s1. The van der Waals surface area contributed by atoms with E-state index in [-0.39, 0.29) is 23.8 Å². The minimum atomic E-state index is -0.258. The lowest BCUT2D eigenvalue weighted by Gasteiger charge is -2.40. The summed E-state index contributed by atoms with van der Waals surface area (Å²) < 4.78 is 13.6. The van der Waals surface area contributed by atoms with Gasteiger partial charge in [-0.1, -0.05) is 26.0 Å². The van der Waals surface area contributed by atoms with E-state index in [0.717, 1.165) is 48.9 Å². The summed E-state index contributed by atoms with van der Waals surface area (Å²) in [6.45, 7) is 4.33. The highest BCUT2D eigenvalue weighted by molar-refractivity contribution is 5.98. The highest BCUT2D eigenvalue weighted by atomic mass is 19.1. The van der Waals surface area contributed by atoms with Gasteiger partial charge in [-0.2, -0.15) is 5.10 Å². The molecule has 2 aliphatic rings. The molecule has 1 aromatic carbocycles. The van der Waals surface area contributed by atoms with Gasteiger partial charge in [-0.05, 0) is 69.8 Å². The number of carbonyl (C=O) groups excluding carboxylic acids is 1. The molecule has 5 nitrogen and oxygen atoms in total. The lowest BCUT2D eigenvalue weighted by molar-refractivity contribution is 0.0557. The van der Waals surface area contributed by atoms with Gasteiger partial charge < -0.3 is 9.80 Å². The van der Waals surface area contributed by atoms with E-state index in [2.05, 4.69) is 43.0 Å². The molecule has 0 bridgehead atoms. The van der Waals surface area contributed by atoms with E-state index >= 15 is 0 Å². The average molecular weight is 399 g/mol. The number of benzene rings is 1. The van der Waals surface area contributed by atoms with E-state index in [1.807, 2.05) is 17.0 Å². The van der Waals surface area contributed by atoms with E-state index in [1.54, 1.807) is 0 Å². The monoisotopic (exact) mass is 398 g/mol. The van der Waals surface area contributed by atoms with Gasteiger partial charge in [-0.15, -0.1) is 0 Å². The molecular formula is C23H31FN4O. The van der Waals surface area contributed by atoms with E-state index in [1.165, 1.54) is 12.1 Å². The highest BCUT2D eigenvalue weighted by Crippen LogP contribution is 2.44. The molecule has 1 fully saturated rings. The second kappa shape index (κ2) is 7.90. The molecular weight excluding hydrogens is 367 g/mol. The molecule has 2 heterocycles. The first kappa shape index (κ1) is 20.1. The number of carbonyl (C=O) groups is 1. The third-order valence-electron chi connectivity index (χ3n) is 6.46. The van der Waals surface area contributed by atoms with Crippen LogP contribution in [0.3, 0.4) is 0 Å². The SMILES string of the molecule is CC(C)Cc1[nH]nc2c1[C@@H](c1ccc(F)cc1)N(C1CCC(N(C)C)CC1)C2=O. The Morgan fingerprint density at radius 1 is 1.17 bits per heavy atom. The zero-order valence-corrected chi connectivity index (χ0v) is 17.8. The molecule has 0 unspecified atom stereocenters. The first-order chi connectivity index (χ1) is 13.9. The fourth-order valence-electron chi connectivity index (χ4n) is 4.99. The van der Waals surface area contributed by atoms with Gasteiger partial charge in [0.25, 0.3) is 5.91 Å². The molecule has 0 radical (unpaired) electrons. The maximum Gasteiger partial charge on any atom is 0.275 e. The Labute approximate surface area is 172 Å². The largest absolute Gasteiger partial charge is 0.323 e. The summed E-state index contributed by atoms with van der Waals surface area (Å²) in [6, 6.07) is 7.17. The number of hydrogen-bond acceptors (Lipinski definition) is 3. The van der Waals surface area contributed by atoms with E-state index in [0.29, 0.717) is 17.7 Å². The van der Waals surface area contributed by atoms with E-state index in [9.17, 15) is 9.18 Å². The van der Waals surface area contributed by atoms with Crippen LogP contribution in [0.5, 0.6) is 0 Å². The van der Waals surface area contributed by atoms with Crippen molar-refractivity contribution in [2.45, 2.75) is 64.1 Å². The topological polar surface area (TPSA) is 52.2 Å². The second-order valence-corrected chi connectivity index (χ2v) is 9.15. The molecule has 6 heteroatoms. The molecule has 156 valence electrons. The van der Waals surface area contributed by atoms with Gasteiger partial charge >= 0.3 is 0 Å². The van der Waals surface area contributed by atoms with Crippen LogP contribution in [0.4, 0.5) is 4.39 Å². The second-order valence-electron chi connectivity index (χ2n) is 9.15. The third kappa shape index (κ3) is 3.70. The summed E-state index contributed by atoms with van der Waals surface area (Å²) in [5.74, 6) is 0.202. The van der Waals surface area contributed by atoms with Crippen LogP contribution in [0.25, 0.3) is 0 Å². The molecule has 1 aromatic heterocycles. The number of aromatic amines is 1. The molecule has 0 saturated heterocycles. The number of fused-ring (bicyclic) bond motifs is 1. The number of rotatable bonds is 5. The van der Waals surface area contributed by atoms with Crippen LogP contribution in [0.2, 0.25) is 0 Å². The van der Waals surface area contributed by atoms with E-state index in [4.69, 9.17) is 0 Å². The van der Waals surface area contributed by atoms with Gasteiger partial charge in [0, 0.05) is 23.3 Å². The Morgan fingerprint density at radius 2 is 1.83 bits per heavy atom. The van der Waals surface area contributed by atoms with Crippen LogP contribution in [0, 0.1) is 11.7 Å². The Balaban J connectivity index is 1.71. The predicted molar refractivity (Wildman–Crippen MR) is 111 cm³/mol. The molecule has 2 aromatic rings. The van der Waals surface area contributed by atoms with Crippen LogP contribution in [0.15, 0.2) is 24.3 Å². The molecule has 4 rings (SSSR count). The van der Waals surface area contributed by atoms with Crippen LogP contribution < -0.4 is 0 Å². The van der Waals surface area contributed by atoms with Crippen molar-refractivity contribution in [2.24, 2.45) is 5.92 Å². The Kier molecular flexibility index (Phi) is 5.47. The number of hydrogen-bond donors (Lipinski definition) is 1. The van der Waals surface area contributed by atoms with Crippen molar-refractivity contribution in [3.8, 4) is 0 Å². The van der Waals surface area contributed by atoms with Gasteiger partial charge in [-0.25, -0.2) is 4.39 Å². The Bertz CT molecular complexity index is 866. The van der Waals surface area contributed by atoms with Gasteiger partial charge in [0.2, 0.25) is 0 Å². The smallest absolute Gasteiger partial charge is 0.275 e. The molecule has 1 saturated carbocycles. The van der Waals surface area contributed by atoms with Crippen LogP contribution in [-0.4, -0.2) is 52.1 Å². The van der Waals surface area contributed by atoms with Gasteiger partial charge in [0.1, 0.15) is 5.82 Å². The minimum Gasteiger partial charge on any atom is -0.323 e. The number of H-pyrrole nitrogens is 1. The molecule has 1 atom stereocenters. The maximum absolute atomic E-state index is 13.6. The number of nitrogens with zero attached hydrogens (tertiary/aromatic N) is 3. The fraction of sp³-hybridized carbons (Fsp3) is 0.565. The zero-order valence-electron chi connectivity index (χ0n) is 17.8. The fourth-order valence-corrected chi connectivity index (χ4v) is 4.99. The summed E-state index contributed by atoms with van der Waals surface area (Å²) in [5, 5.41) is 7.53. The van der Waals surface area contributed by atoms with E-state index < -0.39 is 0 Å². The van der Waals surface area contributed by atoms with Crippen molar-refractivity contribution in [2.75, 3.05) is 14.1 Å². The van der Waals surface area contributed by atoms with Crippen molar-refractivity contribution >= 4 is 5.91 Å². The maximum atomic E-state index is 13.6. The minimum absolute atomic E-state index is 0.00823. The van der Waals surface area contributed by atoms with Crippen molar-refractivity contribution in [3.05, 3.63) is 52.6 Å². The molecule has 0 spiro atoms. The molecule has 29 heavy (non-hydrogen) atoms. The molecule has 1 aliphatic heterocycles.